The van der Waals surface area contributed by atoms with Crippen LogP contribution in [-0.2, 0) is 32.9 Å². The van der Waals surface area contributed by atoms with E-state index in [1.807, 2.05) is 0 Å². The van der Waals surface area contributed by atoms with Crippen molar-refractivity contribution in [3.05, 3.63) is 26.6 Å². The number of nitrogens with zero attached hydrogens (tertiary/aromatic N) is 1. The molecule has 0 bridgehead atoms. The molecule has 0 unspecified atom stereocenters. The average molecular weight is 366 g/mol. The highest BCUT2D eigenvalue weighted by Gasteiger charge is 2.21. The number of hydrogen-bond donors (Lipinski definition) is 1. The fraction of sp³-hybridized carbons (Fsp3) is 0.500. The molecule has 0 aromatic carbocycles. The van der Waals surface area contributed by atoms with Crippen LogP contribution in [-0.4, -0.2) is 34.1 Å². The highest BCUT2D eigenvalue weighted by molar-refractivity contribution is 7.98. The molecule has 0 amide bonds. The molecular formula is C16H18N2O4S2. The highest BCUT2D eigenvalue weighted by atomic mass is 32.2. The largest absolute Gasteiger partial charge is 0.458 e. The van der Waals surface area contributed by atoms with Gasteiger partial charge in [0.15, 0.2) is 5.78 Å². The zero-order valence-corrected chi connectivity index (χ0v) is 15.0. The molecule has 2 aromatic heterocycles. The van der Waals surface area contributed by atoms with Crippen molar-refractivity contribution in [1.29, 1.82) is 0 Å². The number of rotatable bonds is 7. The van der Waals surface area contributed by atoms with Crippen LogP contribution >= 0.6 is 23.1 Å². The summed E-state index contributed by atoms with van der Waals surface area (Å²) in [7, 11) is 0. The van der Waals surface area contributed by atoms with Crippen molar-refractivity contribution in [2.45, 2.75) is 38.4 Å². The standard InChI is InChI=1S/C16H18N2O4S2/c1-9(19)7-22-13(20)5-6-23-8-12-17-15(21)14-10-3-2-4-11(10)24-16(14)18-12/h2-8H2,1H3,(H,17,18,21). The summed E-state index contributed by atoms with van der Waals surface area (Å²) >= 11 is 3.12. The van der Waals surface area contributed by atoms with Crippen LogP contribution in [0.25, 0.3) is 10.2 Å². The number of nitrogens with one attached hydrogen (secondary N) is 1. The number of hydrogen-bond acceptors (Lipinski definition) is 7. The lowest BCUT2D eigenvalue weighted by molar-refractivity contribution is -0.147. The Hall–Kier alpha value is -1.67. The second-order valence-corrected chi connectivity index (χ2v) is 7.90. The average Bonchev–Trinajstić information content (AvgIpc) is 3.09. The second kappa shape index (κ2) is 7.48. The SMILES string of the molecule is CC(=O)COC(=O)CCSCc1nc2sc3c(c2c(=O)[nH]1)CCC3. The van der Waals surface area contributed by atoms with Gasteiger partial charge < -0.3 is 9.72 Å². The van der Waals surface area contributed by atoms with E-state index in [1.54, 1.807) is 11.3 Å². The van der Waals surface area contributed by atoms with Crippen molar-refractivity contribution in [3.63, 3.8) is 0 Å². The van der Waals surface area contributed by atoms with Gasteiger partial charge in [0.25, 0.3) is 5.56 Å². The minimum absolute atomic E-state index is 0.0594. The number of carbonyl (C=O) groups is 2. The Morgan fingerprint density at radius 1 is 1.38 bits per heavy atom. The number of thiophene rings is 1. The minimum Gasteiger partial charge on any atom is -0.458 e. The number of carbonyl (C=O) groups excluding carboxylic acids is 2. The molecule has 1 N–H and O–H groups in total. The first kappa shape index (κ1) is 17.2. The molecule has 0 saturated heterocycles. The maximum atomic E-state index is 12.3. The number of aryl methyl sites for hydroxylation is 2. The number of aromatic amines is 1. The summed E-state index contributed by atoms with van der Waals surface area (Å²) < 4.78 is 4.79. The topological polar surface area (TPSA) is 89.1 Å². The lowest BCUT2D eigenvalue weighted by Crippen LogP contribution is -2.12. The molecule has 2 aromatic rings. The van der Waals surface area contributed by atoms with E-state index in [9.17, 15) is 14.4 Å². The van der Waals surface area contributed by atoms with Crippen LogP contribution in [0.1, 0.15) is 36.0 Å². The zero-order chi connectivity index (χ0) is 17.1. The molecule has 8 heteroatoms. The number of thioether (sulfide) groups is 1. The van der Waals surface area contributed by atoms with Gasteiger partial charge in [-0.2, -0.15) is 11.8 Å². The van der Waals surface area contributed by atoms with Crippen molar-refractivity contribution in [3.8, 4) is 0 Å². The number of fused-ring (bicyclic) bond motifs is 3. The van der Waals surface area contributed by atoms with Crippen molar-refractivity contribution >= 4 is 45.1 Å². The monoisotopic (exact) mass is 366 g/mol. The molecule has 3 rings (SSSR count). The van der Waals surface area contributed by atoms with Crippen LogP contribution in [0, 0.1) is 0 Å². The Kier molecular flexibility index (Phi) is 5.35. The molecule has 0 saturated carbocycles. The van der Waals surface area contributed by atoms with Crippen LogP contribution in [0.3, 0.4) is 0 Å². The number of aromatic nitrogens is 2. The van der Waals surface area contributed by atoms with Gasteiger partial charge in [-0.05, 0) is 31.7 Å². The van der Waals surface area contributed by atoms with Gasteiger partial charge in [0, 0.05) is 10.6 Å². The second-order valence-electron chi connectivity index (χ2n) is 5.72. The molecule has 6 nitrogen and oxygen atoms in total. The minimum atomic E-state index is -0.385. The number of ether oxygens (including phenoxy) is 1. The molecular weight excluding hydrogens is 348 g/mol. The molecule has 0 aliphatic heterocycles. The van der Waals surface area contributed by atoms with Crippen LogP contribution in [0.15, 0.2) is 4.79 Å². The number of ketones is 1. The van der Waals surface area contributed by atoms with E-state index in [2.05, 4.69) is 9.97 Å². The molecule has 0 fully saturated rings. The van der Waals surface area contributed by atoms with Crippen molar-refractivity contribution in [2.75, 3.05) is 12.4 Å². The van der Waals surface area contributed by atoms with Gasteiger partial charge in [0.05, 0.1) is 17.6 Å². The Morgan fingerprint density at radius 3 is 3.00 bits per heavy atom. The fourth-order valence-corrected chi connectivity index (χ4v) is 4.76. The molecule has 2 heterocycles. The predicted octanol–water partition coefficient (Wildman–Crippen LogP) is 2.23. The van der Waals surface area contributed by atoms with Gasteiger partial charge in [0.1, 0.15) is 17.3 Å². The van der Waals surface area contributed by atoms with E-state index in [4.69, 9.17) is 4.74 Å². The molecule has 128 valence electrons. The number of H-pyrrole nitrogens is 1. The Morgan fingerprint density at radius 2 is 2.21 bits per heavy atom. The third-order valence-corrected chi connectivity index (χ3v) is 5.91. The first-order chi connectivity index (χ1) is 11.5. The zero-order valence-electron chi connectivity index (χ0n) is 13.3. The molecule has 0 spiro atoms. The van der Waals surface area contributed by atoms with Gasteiger partial charge in [-0.25, -0.2) is 4.98 Å². The van der Waals surface area contributed by atoms with Crippen molar-refractivity contribution in [1.82, 2.24) is 9.97 Å². The van der Waals surface area contributed by atoms with Crippen LogP contribution in [0.2, 0.25) is 0 Å². The summed E-state index contributed by atoms with van der Waals surface area (Å²) in [4.78, 5) is 44.0. The molecule has 24 heavy (non-hydrogen) atoms. The van der Waals surface area contributed by atoms with E-state index in [0.717, 1.165) is 29.5 Å². The maximum absolute atomic E-state index is 12.3. The van der Waals surface area contributed by atoms with E-state index in [0.29, 0.717) is 17.3 Å². The van der Waals surface area contributed by atoms with Gasteiger partial charge in [0.2, 0.25) is 0 Å². The summed E-state index contributed by atoms with van der Waals surface area (Å²) in [5, 5.41) is 0.758. The first-order valence-electron chi connectivity index (χ1n) is 7.81. The van der Waals surface area contributed by atoms with Crippen LogP contribution < -0.4 is 5.56 Å². The summed E-state index contributed by atoms with van der Waals surface area (Å²) in [6.07, 6.45) is 3.37. The van der Waals surface area contributed by atoms with Crippen molar-refractivity contribution in [2.24, 2.45) is 0 Å². The molecule has 1 aliphatic carbocycles. The third kappa shape index (κ3) is 3.87. The van der Waals surface area contributed by atoms with Gasteiger partial charge in [-0.1, -0.05) is 0 Å². The van der Waals surface area contributed by atoms with E-state index < -0.39 is 0 Å². The summed E-state index contributed by atoms with van der Waals surface area (Å²) in [6, 6.07) is 0. The number of Topliss-reactive ketones (excluding diaryl/α,β-unsaturated/α-hetero) is 1. The molecule has 0 atom stereocenters. The van der Waals surface area contributed by atoms with Crippen LogP contribution in [0.4, 0.5) is 0 Å². The first-order valence-corrected chi connectivity index (χ1v) is 9.78. The normalized spacial score (nSPS) is 13.2. The van der Waals surface area contributed by atoms with Gasteiger partial charge >= 0.3 is 5.97 Å². The van der Waals surface area contributed by atoms with E-state index >= 15 is 0 Å². The third-order valence-electron chi connectivity index (χ3n) is 3.75. The smallest absolute Gasteiger partial charge is 0.307 e. The maximum Gasteiger partial charge on any atom is 0.307 e. The summed E-state index contributed by atoms with van der Waals surface area (Å²) in [5.41, 5.74) is 1.12. The Labute approximate surface area is 147 Å². The summed E-state index contributed by atoms with van der Waals surface area (Å²) in [6.45, 7) is 1.21. The Bertz CT molecular complexity index is 840. The molecule has 1 aliphatic rings. The van der Waals surface area contributed by atoms with Gasteiger partial charge in [-0.15, -0.1) is 11.3 Å². The van der Waals surface area contributed by atoms with Crippen molar-refractivity contribution < 1.29 is 14.3 Å². The van der Waals surface area contributed by atoms with E-state index in [1.165, 1.54) is 29.1 Å². The Balaban J connectivity index is 1.56. The fourth-order valence-electron chi connectivity index (χ4n) is 2.69. The highest BCUT2D eigenvalue weighted by Crippen LogP contribution is 2.34. The summed E-state index contributed by atoms with van der Waals surface area (Å²) in [5.74, 6) is 1.17. The lowest BCUT2D eigenvalue weighted by atomic mass is 10.2. The van der Waals surface area contributed by atoms with Crippen LogP contribution in [0.5, 0.6) is 0 Å². The van der Waals surface area contributed by atoms with Gasteiger partial charge in [-0.3, -0.25) is 14.4 Å². The molecule has 0 radical (unpaired) electrons. The number of esters is 1. The lowest BCUT2D eigenvalue weighted by Gasteiger charge is -2.03. The quantitative estimate of drug-likeness (QED) is 0.597. The van der Waals surface area contributed by atoms with E-state index in [-0.39, 0.29) is 30.3 Å². The predicted molar refractivity (Wildman–Crippen MR) is 94.7 cm³/mol.